The van der Waals surface area contributed by atoms with Crippen LogP contribution in [0.4, 0.5) is 11.9 Å². The fourth-order valence-corrected chi connectivity index (χ4v) is 1.73. The van der Waals surface area contributed by atoms with Crippen molar-refractivity contribution in [1.82, 2.24) is 29.7 Å². The quantitative estimate of drug-likeness (QED) is 0.811. The van der Waals surface area contributed by atoms with Crippen molar-refractivity contribution in [2.75, 3.05) is 29.9 Å². The van der Waals surface area contributed by atoms with E-state index in [9.17, 15) is 0 Å². The number of hydrogen-bond acceptors (Lipinski definition) is 7. The monoisotopic (exact) mass is 276 g/mol. The van der Waals surface area contributed by atoms with Gasteiger partial charge in [0.2, 0.25) is 11.9 Å². The molecule has 0 saturated heterocycles. The van der Waals surface area contributed by atoms with Gasteiger partial charge in [-0.05, 0) is 20.3 Å². The average molecular weight is 276 g/mol. The molecule has 0 aliphatic rings. The van der Waals surface area contributed by atoms with Gasteiger partial charge < -0.3 is 10.2 Å². The molecule has 2 heterocycles. The zero-order valence-corrected chi connectivity index (χ0v) is 12.1. The summed E-state index contributed by atoms with van der Waals surface area (Å²) >= 11 is 0. The summed E-state index contributed by atoms with van der Waals surface area (Å²) in [4.78, 5) is 19.3. The molecule has 0 saturated carbocycles. The molecule has 0 aliphatic carbocycles. The van der Waals surface area contributed by atoms with Gasteiger partial charge in [-0.15, -0.1) is 0 Å². The maximum Gasteiger partial charge on any atom is 0.258 e. The molecule has 108 valence electrons. The van der Waals surface area contributed by atoms with Crippen molar-refractivity contribution in [3.05, 3.63) is 12.7 Å². The number of nitrogens with zero attached hydrogens (tertiary/aromatic N) is 7. The number of rotatable bonds is 7. The minimum absolute atomic E-state index is 0.470. The molecule has 1 N–H and O–H groups in total. The van der Waals surface area contributed by atoms with Crippen molar-refractivity contribution in [2.24, 2.45) is 0 Å². The third-order valence-electron chi connectivity index (χ3n) is 2.81. The second-order valence-corrected chi connectivity index (χ2v) is 4.20. The second kappa shape index (κ2) is 6.78. The van der Waals surface area contributed by atoms with Crippen LogP contribution in [-0.2, 0) is 0 Å². The lowest BCUT2D eigenvalue weighted by Gasteiger charge is -2.19. The smallest absolute Gasteiger partial charge is 0.258 e. The third kappa shape index (κ3) is 3.19. The van der Waals surface area contributed by atoms with Gasteiger partial charge in [0.05, 0.1) is 0 Å². The van der Waals surface area contributed by atoms with Crippen molar-refractivity contribution < 1.29 is 0 Å². The molecule has 0 spiro atoms. The van der Waals surface area contributed by atoms with Gasteiger partial charge >= 0.3 is 0 Å². The SMILES string of the molecule is CCCNc1nc(N(CC)CC)nc(-n2cncn2)n1. The minimum Gasteiger partial charge on any atom is -0.354 e. The maximum atomic E-state index is 4.45. The molecule has 0 radical (unpaired) electrons. The number of aromatic nitrogens is 6. The Morgan fingerprint density at radius 3 is 2.55 bits per heavy atom. The topological polar surface area (TPSA) is 84.7 Å². The fraction of sp³-hybridized carbons (Fsp3) is 0.583. The minimum atomic E-state index is 0.470. The number of anilines is 2. The van der Waals surface area contributed by atoms with Crippen LogP contribution in [0.15, 0.2) is 12.7 Å². The van der Waals surface area contributed by atoms with Gasteiger partial charge in [-0.1, -0.05) is 6.92 Å². The van der Waals surface area contributed by atoms with Crippen LogP contribution >= 0.6 is 0 Å². The molecule has 0 atom stereocenters. The van der Waals surface area contributed by atoms with E-state index in [0.29, 0.717) is 17.8 Å². The van der Waals surface area contributed by atoms with Crippen molar-refractivity contribution in [2.45, 2.75) is 27.2 Å². The summed E-state index contributed by atoms with van der Waals surface area (Å²) in [5, 5.41) is 7.26. The Hall–Kier alpha value is -2.25. The Morgan fingerprint density at radius 2 is 1.95 bits per heavy atom. The van der Waals surface area contributed by atoms with E-state index in [1.165, 1.54) is 11.0 Å². The Morgan fingerprint density at radius 1 is 1.15 bits per heavy atom. The van der Waals surface area contributed by atoms with Crippen LogP contribution in [-0.4, -0.2) is 49.4 Å². The predicted octanol–water partition coefficient (Wildman–Crippen LogP) is 1.12. The molecule has 2 aromatic heterocycles. The molecule has 8 nitrogen and oxygen atoms in total. The Bertz CT molecular complexity index is 520. The molecule has 0 fully saturated rings. The molecule has 0 amide bonds. The lowest BCUT2D eigenvalue weighted by atomic mass is 10.5. The molecule has 20 heavy (non-hydrogen) atoms. The van der Waals surface area contributed by atoms with E-state index in [2.05, 4.69) is 56.0 Å². The normalized spacial score (nSPS) is 10.6. The van der Waals surface area contributed by atoms with Gasteiger partial charge in [0.25, 0.3) is 5.95 Å². The lowest BCUT2D eigenvalue weighted by molar-refractivity contribution is 0.759. The molecule has 0 aliphatic heterocycles. The van der Waals surface area contributed by atoms with Crippen molar-refractivity contribution in [3.63, 3.8) is 0 Å². The van der Waals surface area contributed by atoms with Crippen LogP contribution in [0, 0.1) is 0 Å². The van der Waals surface area contributed by atoms with Gasteiger partial charge in [0.1, 0.15) is 12.7 Å². The largest absolute Gasteiger partial charge is 0.354 e. The summed E-state index contributed by atoms with van der Waals surface area (Å²) in [6.07, 6.45) is 4.04. The highest BCUT2D eigenvalue weighted by Crippen LogP contribution is 2.12. The first kappa shape index (κ1) is 14.2. The Balaban J connectivity index is 2.38. The summed E-state index contributed by atoms with van der Waals surface area (Å²) in [6, 6.07) is 0. The molecule has 0 unspecified atom stereocenters. The Labute approximate surface area is 118 Å². The van der Waals surface area contributed by atoms with Crippen LogP contribution in [0.1, 0.15) is 27.2 Å². The summed E-state index contributed by atoms with van der Waals surface area (Å²) in [6.45, 7) is 8.73. The maximum absolute atomic E-state index is 4.45. The zero-order chi connectivity index (χ0) is 14.4. The third-order valence-corrected chi connectivity index (χ3v) is 2.81. The highest BCUT2D eigenvalue weighted by atomic mass is 15.4. The highest BCUT2D eigenvalue weighted by molar-refractivity contribution is 5.39. The first-order chi connectivity index (χ1) is 9.78. The molecule has 8 heteroatoms. The van der Waals surface area contributed by atoms with Crippen molar-refractivity contribution in [3.8, 4) is 5.95 Å². The molecule has 2 aromatic rings. The molecular formula is C12H20N8. The lowest BCUT2D eigenvalue weighted by Crippen LogP contribution is -2.26. The van der Waals surface area contributed by atoms with Crippen LogP contribution in [0.25, 0.3) is 5.95 Å². The van der Waals surface area contributed by atoms with Crippen molar-refractivity contribution in [1.29, 1.82) is 0 Å². The van der Waals surface area contributed by atoms with Gasteiger partial charge in [-0.3, -0.25) is 0 Å². The number of hydrogen-bond donors (Lipinski definition) is 1. The van der Waals surface area contributed by atoms with Crippen LogP contribution in [0.5, 0.6) is 0 Å². The van der Waals surface area contributed by atoms with Crippen LogP contribution in [0.2, 0.25) is 0 Å². The standard InChI is InChI=1S/C12H20N8/c1-4-7-14-10-16-11(19(5-2)6-3)18-12(17-10)20-9-13-8-15-20/h8-9H,4-7H2,1-3H3,(H,14,16,17,18). The molecule has 0 bridgehead atoms. The van der Waals surface area contributed by atoms with Gasteiger partial charge in [0.15, 0.2) is 0 Å². The van der Waals surface area contributed by atoms with E-state index < -0.39 is 0 Å². The van der Waals surface area contributed by atoms with E-state index in [0.717, 1.165) is 26.1 Å². The second-order valence-electron chi connectivity index (χ2n) is 4.20. The summed E-state index contributed by atoms with van der Waals surface area (Å²) < 4.78 is 1.53. The molecular weight excluding hydrogens is 256 g/mol. The molecule has 0 aromatic carbocycles. The van der Waals surface area contributed by atoms with E-state index in [1.807, 2.05) is 0 Å². The fourth-order valence-electron chi connectivity index (χ4n) is 1.73. The van der Waals surface area contributed by atoms with Crippen LogP contribution < -0.4 is 10.2 Å². The predicted molar refractivity (Wildman–Crippen MR) is 77.1 cm³/mol. The summed E-state index contributed by atoms with van der Waals surface area (Å²) in [7, 11) is 0. The summed E-state index contributed by atoms with van der Waals surface area (Å²) in [5.74, 6) is 1.68. The van der Waals surface area contributed by atoms with E-state index in [1.54, 1.807) is 6.33 Å². The zero-order valence-electron chi connectivity index (χ0n) is 12.1. The van der Waals surface area contributed by atoms with E-state index >= 15 is 0 Å². The Kier molecular flexibility index (Phi) is 4.80. The van der Waals surface area contributed by atoms with E-state index in [4.69, 9.17) is 0 Å². The summed E-state index contributed by atoms with van der Waals surface area (Å²) in [5.41, 5.74) is 0. The highest BCUT2D eigenvalue weighted by Gasteiger charge is 2.12. The van der Waals surface area contributed by atoms with Gasteiger partial charge in [-0.2, -0.15) is 24.7 Å². The van der Waals surface area contributed by atoms with Gasteiger partial charge in [-0.25, -0.2) is 4.98 Å². The first-order valence-corrected chi connectivity index (χ1v) is 6.88. The van der Waals surface area contributed by atoms with E-state index in [-0.39, 0.29) is 0 Å². The number of nitrogens with one attached hydrogen (secondary N) is 1. The first-order valence-electron chi connectivity index (χ1n) is 6.88. The van der Waals surface area contributed by atoms with Crippen LogP contribution in [0.3, 0.4) is 0 Å². The average Bonchev–Trinajstić information content (AvgIpc) is 3.00. The molecule has 2 rings (SSSR count). The van der Waals surface area contributed by atoms with Gasteiger partial charge in [0, 0.05) is 19.6 Å². The van der Waals surface area contributed by atoms with Crippen molar-refractivity contribution >= 4 is 11.9 Å².